The molecular formula is C29H36F2N6O. The largest absolute Gasteiger partial charge is 0.382 e. The first-order chi connectivity index (χ1) is 18.0. The molecule has 2 aromatic carbocycles. The zero-order valence-corrected chi connectivity index (χ0v) is 22.4. The van der Waals surface area contributed by atoms with Gasteiger partial charge in [-0.25, -0.2) is 18.4 Å². The van der Waals surface area contributed by atoms with Gasteiger partial charge in [0.1, 0.15) is 29.9 Å². The van der Waals surface area contributed by atoms with Crippen LogP contribution in [0.2, 0.25) is 0 Å². The number of fused-ring (bicyclic) bond motifs is 1. The van der Waals surface area contributed by atoms with Gasteiger partial charge in [0.15, 0.2) is 0 Å². The molecule has 202 valence electrons. The summed E-state index contributed by atoms with van der Waals surface area (Å²) >= 11 is 0. The minimum atomic E-state index is -1.78. The molecule has 38 heavy (non-hydrogen) atoms. The highest BCUT2D eigenvalue weighted by Crippen LogP contribution is 2.39. The smallest absolute Gasteiger partial charge is 0.137 e. The maximum Gasteiger partial charge on any atom is 0.137 e. The van der Waals surface area contributed by atoms with Gasteiger partial charge in [-0.2, -0.15) is 10.2 Å². The Morgan fingerprint density at radius 1 is 1.08 bits per heavy atom. The fraction of sp³-hybridized carbons (Fsp3) is 0.483. The number of rotatable bonds is 7. The van der Waals surface area contributed by atoms with Gasteiger partial charge in [0.05, 0.1) is 18.1 Å². The number of nitrogens with one attached hydrogen (secondary N) is 1. The van der Waals surface area contributed by atoms with Crippen LogP contribution in [0, 0.1) is 23.0 Å². The summed E-state index contributed by atoms with van der Waals surface area (Å²) < 4.78 is 31.7. The van der Waals surface area contributed by atoms with Crippen LogP contribution < -0.4 is 5.32 Å². The van der Waals surface area contributed by atoms with E-state index in [1.54, 1.807) is 11.6 Å². The standard InChI is InChI=1S/C29H36F2N6O/c1-19(29(38,16-36-18-32-17-33-36)25-11-7-22(30)14-26(25)31)37-15-20-13-24(10-12-27(20)35-37)34-23-8-5-21(6-9-23)28(2,3)4/h7,10-15,17-19,21,23,34,38H,5-6,8-9,16H2,1-4H3/t19-,21?,23?,29-/m1/s1. The lowest BCUT2D eigenvalue weighted by atomic mass is 9.71. The van der Waals surface area contributed by atoms with Crippen LogP contribution in [0.5, 0.6) is 0 Å². The Hall–Kier alpha value is -3.33. The van der Waals surface area contributed by atoms with E-state index in [9.17, 15) is 13.9 Å². The highest BCUT2D eigenvalue weighted by Gasteiger charge is 2.41. The number of hydrogen-bond acceptors (Lipinski definition) is 5. The fourth-order valence-electron chi connectivity index (χ4n) is 5.74. The summed E-state index contributed by atoms with van der Waals surface area (Å²) in [6.07, 6.45) is 9.40. The van der Waals surface area contributed by atoms with Crippen molar-refractivity contribution in [2.75, 3.05) is 5.32 Å². The molecule has 1 fully saturated rings. The molecule has 0 saturated heterocycles. The first-order valence-electron chi connectivity index (χ1n) is 13.3. The molecule has 2 aromatic heterocycles. The van der Waals surface area contributed by atoms with Crippen molar-refractivity contribution in [2.24, 2.45) is 11.3 Å². The van der Waals surface area contributed by atoms with Crippen LogP contribution in [0.4, 0.5) is 14.5 Å². The Labute approximate surface area is 221 Å². The van der Waals surface area contributed by atoms with Gasteiger partial charge in [-0.1, -0.05) is 26.8 Å². The molecule has 9 heteroatoms. The molecule has 1 saturated carbocycles. The van der Waals surface area contributed by atoms with Crippen LogP contribution in [-0.2, 0) is 12.1 Å². The highest BCUT2D eigenvalue weighted by molar-refractivity contribution is 5.82. The fourth-order valence-corrected chi connectivity index (χ4v) is 5.74. The van der Waals surface area contributed by atoms with Crippen molar-refractivity contribution in [3.8, 4) is 0 Å². The van der Waals surface area contributed by atoms with Gasteiger partial charge in [-0.05, 0) is 68.2 Å². The SMILES string of the molecule is C[C@@H](n1cc2cc(NC3CCC(C(C)(C)C)CC3)ccc2n1)[C@](O)(Cn1cncn1)c1ccc(F)cc1F. The quantitative estimate of drug-likeness (QED) is 0.308. The van der Waals surface area contributed by atoms with Gasteiger partial charge >= 0.3 is 0 Å². The summed E-state index contributed by atoms with van der Waals surface area (Å²) in [6, 6.07) is 8.98. The van der Waals surface area contributed by atoms with Gasteiger partial charge in [0.2, 0.25) is 0 Å². The number of aliphatic hydroxyl groups is 1. The molecule has 7 nitrogen and oxygen atoms in total. The van der Waals surface area contributed by atoms with Crippen LogP contribution >= 0.6 is 0 Å². The van der Waals surface area contributed by atoms with Crippen LogP contribution in [0.1, 0.15) is 65.0 Å². The van der Waals surface area contributed by atoms with Crippen LogP contribution in [-0.4, -0.2) is 35.7 Å². The Morgan fingerprint density at radius 2 is 1.84 bits per heavy atom. The topological polar surface area (TPSA) is 80.8 Å². The summed E-state index contributed by atoms with van der Waals surface area (Å²) in [4.78, 5) is 3.93. The second-order valence-corrected chi connectivity index (χ2v) is 11.8. The molecule has 0 bridgehead atoms. The Bertz CT molecular complexity index is 1390. The van der Waals surface area contributed by atoms with E-state index in [1.165, 1.54) is 36.2 Å². The van der Waals surface area contributed by atoms with Gasteiger partial charge in [-0.15, -0.1) is 0 Å². The molecule has 4 aromatic rings. The monoisotopic (exact) mass is 522 g/mol. The zero-order chi connectivity index (χ0) is 27.1. The van der Waals surface area contributed by atoms with E-state index in [-0.39, 0.29) is 12.1 Å². The van der Waals surface area contributed by atoms with E-state index in [0.717, 1.165) is 47.5 Å². The summed E-state index contributed by atoms with van der Waals surface area (Å²) in [5.41, 5.74) is 0.338. The molecule has 0 spiro atoms. The van der Waals surface area contributed by atoms with E-state index >= 15 is 0 Å². The molecule has 5 rings (SSSR count). The molecule has 2 N–H and O–H groups in total. The van der Waals surface area contributed by atoms with Crippen LogP contribution in [0.25, 0.3) is 10.9 Å². The molecule has 1 aliphatic rings. The Kier molecular flexibility index (Phi) is 6.98. The molecule has 2 heterocycles. The molecule has 1 aliphatic carbocycles. The molecule has 0 unspecified atom stereocenters. The summed E-state index contributed by atoms with van der Waals surface area (Å²) in [7, 11) is 0. The molecule has 2 atom stereocenters. The van der Waals surface area contributed by atoms with E-state index in [0.29, 0.717) is 11.5 Å². The lowest BCUT2D eigenvalue weighted by molar-refractivity contribution is -0.0366. The third-order valence-corrected chi connectivity index (χ3v) is 8.20. The number of benzene rings is 2. The van der Waals surface area contributed by atoms with Crippen LogP contribution in [0.15, 0.2) is 55.2 Å². The van der Waals surface area contributed by atoms with E-state index in [1.807, 2.05) is 18.3 Å². The van der Waals surface area contributed by atoms with Crippen molar-refractivity contribution in [2.45, 2.75) is 77.6 Å². The van der Waals surface area contributed by atoms with Gasteiger partial charge in [0, 0.05) is 34.9 Å². The van der Waals surface area contributed by atoms with Gasteiger partial charge in [-0.3, -0.25) is 4.68 Å². The predicted molar refractivity (Wildman–Crippen MR) is 144 cm³/mol. The lowest BCUT2D eigenvalue weighted by Gasteiger charge is -2.37. The van der Waals surface area contributed by atoms with Gasteiger partial charge in [0.25, 0.3) is 0 Å². The second kappa shape index (κ2) is 10.1. The lowest BCUT2D eigenvalue weighted by Crippen LogP contribution is -2.40. The molecule has 0 radical (unpaired) electrons. The zero-order valence-electron chi connectivity index (χ0n) is 22.4. The van der Waals surface area contributed by atoms with E-state index in [2.05, 4.69) is 42.2 Å². The van der Waals surface area contributed by atoms with Crippen molar-refractivity contribution in [1.29, 1.82) is 0 Å². The highest BCUT2D eigenvalue weighted by atomic mass is 19.1. The summed E-state index contributed by atoms with van der Waals surface area (Å²) in [5, 5.41) is 25.3. The number of halogens is 2. The van der Waals surface area contributed by atoms with Crippen molar-refractivity contribution in [3.05, 3.63) is 72.4 Å². The third-order valence-electron chi connectivity index (χ3n) is 8.20. The Morgan fingerprint density at radius 3 is 2.50 bits per heavy atom. The summed E-state index contributed by atoms with van der Waals surface area (Å²) in [5.74, 6) is -0.785. The minimum Gasteiger partial charge on any atom is -0.382 e. The molecule has 0 aliphatic heterocycles. The van der Waals surface area contributed by atoms with Gasteiger partial charge < -0.3 is 10.4 Å². The minimum absolute atomic E-state index is 0.0327. The number of aromatic nitrogens is 5. The number of hydrogen-bond donors (Lipinski definition) is 2. The van der Waals surface area contributed by atoms with Crippen molar-refractivity contribution in [3.63, 3.8) is 0 Å². The molecule has 0 amide bonds. The average Bonchev–Trinajstić information content (AvgIpc) is 3.52. The van der Waals surface area contributed by atoms with E-state index < -0.39 is 23.3 Å². The Balaban J connectivity index is 1.39. The van der Waals surface area contributed by atoms with E-state index in [4.69, 9.17) is 5.10 Å². The maximum absolute atomic E-state index is 14.9. The number of nitrogens with zero attached hydrogens (tertiary/aromatic N) is 5. The maximum atomic E-state index is 14.9. The van der Waals surface area contributed by atoms with Crippen molar-refractivity contribution in [1.82, 2.24) is 24.5 Å². The number of anilines is 1. The first kappa shape index (κ1) is 26.3. The predicted octanol–water partition coefficient (Wildman–Crippen LogP) is 6.07. The molecular weight excluding hydrogens is 486 g/mol. The summed E-state index contributed by atoms with van der Waals surface area (Å²) in [6.45, 7) is 8.66. The van der Waals surface area contributed by atoms with Crippen LogP contribution in [0.3, 0.4) is 0 Å². The van der Waals surface area contributed by atoms with Crippen molar-refractivity contribution < 1.29 is 13.9 Å². The van der Waals surface area contributed by atoms with Crippen molar-refractivity contribution >= 4 is 16.6 Å². The third kappa shape index (κ3) is 5.29. The second-order valence-electron chi connectivity index (χ2n) is 11.8. The first-order valence-corrected chi connectivity index (χ1v) is 13.3. The normalized spacial score (nSPS) is 20.8. The average molecular weight is 523 g/mol.